The number of carbonyl (C=O) groups is 2. The monoisotopic (exact) mass is 334 g/mol. The molecule has 2 heterocycles. The molecule has 1 aliphatic carbocycles. The Labute approximate surface area is 142 Å². The fraction of sp³-hybridized carbons (Fsp3) is 0.667. The van der Waals surface area contributed by atoms with Crippen molar-refractivity contribution >= 4 is 11.8 Å². The molecule has 132 valence electrons. The van der Waals surface area contributed by atoms with Gasteiger partial charge in [-0.15, -0.1) is 0 Å². The molecule has 2 fully saturated rings. The van der Waals surface area contributed by atoms with E-state index >= 15 is 0 Å². The van der Waals surface area contributed by atoms with E-state index in [1.54, 1.807) is 17.2 Å². The lowest BCUT2D eigenvalue weighted by molar-refractivity contribution is -0.160. The smallest absolute Gasteiger partial charge is 0.245 e. The summed E-state index contributed by atoms with van der Waals surface area (Å²) >= 11 is 0. The maximum atomic E-state index is 12.7. The van der Waals surface area contributed by atoms with Crippen molar-refractivity contribution in [2.75, 3.05) is 6.61 Å². The van der Waals surface area contributed by atoms with Crippen molar-refractivity contribution < 1.29 is 18.7 Å². The van der Waals surface area contributed by atoms with Crippen LogP contribution in [0.2, 0.25) is 0 Å². The van der Waals surface area contributed by atoms with Gasteiger partial charge in [-0.05, 0) is 44.2 Å². The molecule has 1 aliphatic heterocycles. The highest BCUT2D eigenvalue weighted by Crippen LogP contribution is 2.41. The largest absolute Gasteiger partial charge is 0.467 e. The van der Waals surface area contributed by atoms with Gasteiger partial charge in [-0.25, -0.2) is 0 Å². The molecule has 0 bridgehead atoms. The number of hydrogen-bond acceptors (Lipinski definition) is 4. The van der Waals surface area contributed by atoms with Crippen molar-refractivity contribution in [2.24, 2.45) is 0 Å². The highest BCUT2D eigenvalue weighted by Gasteiger charge is 2.52. The van der Waals surface area contributed by atoms with Gasteiger partial charge in [-0.2, -0.15) is 0 Å². The third kappa shape index (κ3) is 3.34. The van der Waals surface area contributed by atoms with Gasteiger partial charge in [-0.1, -0.05) is 13.3 Å². The third-order valence-electron chi connectivity index (χ3n) is 4.95. The number of ether oxygens (including phenoxy) is 1. The molecule has 3 rings (SSSR count). The Hall–Kier alpha value is -1.82. The number of hydrogen-bond donors (Lipinski definition) is 1. The van der Waals surface area contributed by atoms with Crippen LogP contribution in [0.1, 0.15) is 57.6 Å². The lowest BCUT2D eigenvalue weighted by Crippen LogP contribution is -2.56. The first-order valence-electron chi connectivity index (χ1n) is 8.92. The molecule has 1 aromatic rings. The van der Waals surface area contributed by atoms with Crippen molar-refractivity contribution in [1.29, 1.82) is 0 Å². The SMILES string of the molecule is CCCC(=O)N1C(C(=O)NCc2ccco2)COC12CCCCC2. The molecule has 1 saturated carbocycles. The second kappa shape index (κ2) is 7.38. The van der Waals surface area contributed by atoms with Crippen LogP contribution in [0.5, 0.6) is 0 Å². The molecule has 6 heteroatoms. The summed E-state index contributed by atoms with van der Waals surface area (Å²) in [5, 5.41) is 2.87. The Kier molecular flexibility index (Phi) is 5.23. The van der Waals surface area contributed by atoms with Crippen LogP contribution in [0.15, 0.2) is 22.8 Å². The van der Waals surface area contributed by atoms with Crippen LogP contribution in [-0.2, 0) is 20.9 Å². The van der Waals surface area contributed by atoms with E-state index in [-0.39, 0.29) is 18.4 Å². The first-order chi connectivity index (χ1) is 11.7. The topological polar surface area (TPSA) is 71.8 Å². The minimum atomic E-state index is -0.572. The highest BCUT2D eigenvalue weighted by molar-refractivity contribution is 5.88. The van der Waals surface area contributed by atoms with Gasteiger partial charge < -0.3 is 14.5 Å². The van der Waals surface area contributed by atoms with E-state index in [1.165, 1.54) is 0 Å². The molecule has 1 saturated heterocycles. The van der Waals surface area contributed by atoms with Crippen LogP contribution in [-0.4, -0.2) is 35.1 Å². The Morgan fingerprint density at radius 3 is 2.79 bits per heavy atom. The van der Waals surface area contributed by atoms with Crippen LogP contribution in [0.25, 0.3) is 0 Å². The zero-order valence-corrected chi connectivity index (χ0v) is 14.3. The molecular formula is C18H26N2O4. The highest BCUT2D eigenvalue weighted by atomic mass is 16.5. The average Bonchev–Trinajstić information content (AvgIpc) is 3.22. The van der Waals surface area contributed by atoms with Crippen molar-refractivity contribution in [3.63, 3.8) is 0 Å². The van der Waals surface area contributed by atoms with E-state index in [9.17, 15) is 9.59 Å². The van der Waals surface area contributed by atoms with Gasteiger partial charge in [0.25, 0.3) is 0 Å². The summed E-state index contributed by atoms with van der Waals surface area (Å²) in [5.74, 6) is 0.550. The van der Waals surface area contributed by atoms with Crippen LogP contribution in [0.3, 0.4) is 0 Å². The van der Waals surface area contributed by atoms with Crippen molar-refractivity contribution in [2.45, 2.75) is 70.2 Å². The van der Waals surface area contributed by atoms with E-state index in [0.29, 0.717) is 18.7 Å². The minimum absolute atomic E-state index is 0.0232. The molecule has 0 aromatic carbocycles. The minimum Gasteiger partial charge on any atom is -0.467 e. The van der Waals surface area contributed by atoms with E-state index < -0.39 is 11.8 Å². The Morgan fingerprint density at radius 1 is 1.33 bits per heavy atom. The fourth-order valence-corrected chi connectivity index (χ4v) is 3.79. The van der Waals surface area contributed by atoms with E-state index in [0.717, 1.165) is 38.5 Å². The summed E-state index contributed by atoms with van der Waals surface area (Å²) < 4.78 is 11.3. The number of nitrogens with zero attached hydrogens (tertiary/aromatic N) is 1. The van der Waals surface area contributed by atoms with Crippen LogP contribution >= 0.6 is 0 Å². The molecular weight excluding hydrogens is 308 g/mol. The lowest BCUT2D eigenvalue weighted by Gasteiger charge is -2.41. The maximum Gasteiger partial charge on any atom is 0.245 e. The van der Waals surface area contributed by atoms with Gasteiger partial charge in [0.2, 0.25) is 11.8 Å². The summed E-state index contributed by atoms with van der Waals surface area (Å²) in [5.41, 5.74) is -0.572. The molecule has 1 N–H and O–H groups in total. The van der Waals surface area contributed by atoms with Crippen molar-refractivity contribution in [3.05, 3.63) is 24.2 Å². The van der Waals surface area contributed by atoms with Crippen molar-refractivity contribution in [3.8, 4) is 0 Å². The van der Waals surface area contributed by atoms with Gasteiger partial charge in [0.15, 0.2) is 0 Å². The van der Waals surface area contributed by atoms with Gasteiger partial charge in [0, 0.05) is 6.42 Å². The maximum absolute atomic E-state index is 12.7. The summed E-state index contributed by atoms with van der Waals surface area (Å²) in [6.45, 7) is 2.58. The summed E-state index contributed by atoms with van der Waals surface area (Å²) in [7, 11) is 0. The average molecular weight is 334 g/mol. The predicted octanol–water partition coefficient (Wildman–Crippen LogP) is 2.58. The standard InChI is InChI=1S/C18H26N2O4/c1-2-7-16(21)20-15(13-24-18(20)9-4-3-5-10-18)17(22)19-12-14-8-6-11-23-14/h6,8,11,15H,2-5,7,9-10,12-13H2,1H3,(H,19,22). The number of furan rings is 1. The Morgan fingerprint density at radius 2 is 2.12 bits per heavy atom. The van der Waals surface area contributed by atoms with Crippen LogP contribution in [0, 0.1) is 0 Å². The lowest BCUT2D eigenvalue weighted by atomic mass is 9.90. The number of amides is 2. The number of carbonyl (C=O) groups excluding carboxylic acids is 2. The zero-order chi connectivity index (χ0) is 17.0. The summed E-state index contributed by atoms with van der Waals surface area (Å²) in [6.07, 6.45) is 7.69. The number of nitrogens with one attached hydrogen (secondary N) is 1. The molecule has 6 nitrogen and oxygen atoms in total. The first-order valence-corrected chi connectivity index (χ1v) is 8.92. The summed E-state index contributed by atoms with van der Waals surface area (Å²) in [4.78, 5) is 27.1. The first kappa shape index (κ1) is 17.0. The molecule has 2 aliphatic rings. The van der Waals surface area contributed by atoms with E-state index in [2.05, 4.69) is 5.32 Å². The molecule has 1 spiro atoms. The quantitative estimate of drug-likeness (QED) is 0.898. The fourth-order valence-electron chi connectivity index (χ4n) is 3.79. The van der Waals surface area contributed by atoms with Gasteiger partial charge in [0.1, 0.15) is 17.5 Å². The van der Waals surface area contributed by atoms with E-state index in [1.807, 2.05) is 13.0 Å². The van der Waals surface area contributed by atoms with Crippen LogP contribution in [0.4, 0.5) is 0 Å². The molecule has 1 atom stereocenters. The molecule has 0 radical (unpaired) electrons. The Bertz CT molecular complexity index is 564. The molecule has 1 aromatic heterocycles. The second-order valence-corrected chi connectivity index (χ2v) is 6.64. The van der Waals surface area contributed by atoms with Crippen LogP contribution < -0.4 is 5.32 Å². The predicted molar refractivity (Wildman–Crippen MR) is 87.9 cm³/mol. The molecule has 2 amide bonds. The van der Waals surface area contributed by atoms with E-state index in [4.69, 9.17) is 9.15 Å². The van der Waals surface area contributed by atoms with Gasteiger partial charge in [-0.3, -0.25) is 14.5 Å². The third-order valence-corrected chi connectivity index (χ3v) is 4.95. The number of rotatable bonds is 5. The molecule has 24 heavy (non-hydrogen) atoms. The molecule has 1 unspecified atom stereocenters. The van der Waals surface area contributed by atoms with Gasteiger partial charge in [0.05, 0.1) is 19.4 Å². The summed E-state index contributed by atoms with van der Waals surface area (Å²) in [6, 6.07) is 3.06. The zero-order valence-electron chi connectivity index (χ0n) is 14.3. The second-order valence-electron chi connectivity index (χ2n) is 6.64. The van der Waals surface area contributed by atoms with Crippen molar-refractivity contribution in [1.82, 2.24) is 10.2 Å². The van der Waals surface area contributed by atoms with Gasteiger partial charge >= 0.3 is 0 Å². The Balaban J connectivity index is 1.72. The normalized spacial score (nSPS) is 22.7.